The summed E-state index contributed by atoms with van der Waals surface area (Å²) in [4.78, 5) is 0. The van der Waals surface area contributed by atoms with E-state index in [1.165, 1.54) is 29.7 Å². The predicted octanol–water partition coefficient (Wildman–Crippen LogP) is 3.28. The van der Waals surface area contributed by atoms with Crippen molar-refractivity contribution in [1.82, 2.24) is 5.32 Å². The van der Waals surface area contributed by atoms with E-state index >= 15 is 0 Å². The first-order valence-electron chi connectivity index (χ1n) is 6.75. The van der Waals surface area contributed by atoms with E-state index in [4.69, 9.17) is 0 Å². The van der Waals surface area contributed by atoms with Gasteiger partial charge in [0.25, 0.3) is 0 Å². The first-order chi connectivity index (χ1) is 8.18. The SMILES string of the molecule is Cc1cccc(C(C)C)c1NCCNC1CC1. The van der Waals surface area contributed by atoms with Gasteiger partial charge < -0.3 is 10.6 Å². The zero-order valence-corrected chi connectivity index (χ0v) is 11.2. The molecule has 2 rings (SSSR count). The lowest BCUT2D eigenvalue weighted by Crippen LogP contribution is -2.24. The lowest BCUT2D eigenvalue weighted by Gasteiger charge is -2.17. The lowest BCUT2D eigenvalue weighted by molar-refractivity contribution is 0.700. The standard InChI is InChI=1S/C15H24N2/c1-11(2)14-6-4-5-12(3)15(14)17-10-9-16-13-7-8-13/h4-6,11,13,16-17H,7-10H2,1-3H3. The van der Waals surface area contributed by atoms with Crippen LogP contribution in [0.15, 0.2) is 18.2 Å². The van der Waals surface area contributed by atoms with Crippen molar-refractivity contribution in [3.63, 3.8) is 0 Å². The third-order valence-corrected chi connectivity index (χ3v) is 3.36. The summed E-state index contributed by atoms with van der Waals surface area (Å²) in [7, 11) is 0. The van der Waals surface area contributed by atoms with Crippen LogP contribution in [0.25, 0.3) is 0 Å². The highest BCUT2D eigenvalue weighted by Gasteiger charge is 2.19. The van der Waals surface area contributed by atoms with Crippen LogP contribution in [0.3, 0.4) is 0 Å². The molecule has 2 N–H and O–H groups in total. The Kier molecular flexibility index (Phi) is 4.06. The summed E-state index contributed by atoms with van der Waals surface area (Å²) < 4.78 is 0. The molecule has 0 saturated heterocycles. The average Bonchev–Trinajstić information content (AvgIpc) is 3.09. The average molecular weight is 232 g/mol. The van der Waals surface area contributed by atoms with Crippen LogP contribution in [0.4, 0.5) is 5.69 Å². The molecule has 0 heterocycles. The Balaban J connectivity index is 1.92. The fraction of sp³-hybridized carbons (Fsp3) is 0.600. The van der Waals surface area contributed by atoms with Crippen LogP contribution in [-0.2, 0) is 0 Å². The first kappa shape index (κ1) is 12.4. The second-order valence-corrected chi connectivity index (χ2v) is 5.35. The van der Waals surface area contributed by atoms with Gasteiger partial charge in [0.2, 0.25) is 0 Å². The molecule has 1 saturated carbocycles. The van der Waals surface area contributed by atoms with Crippen molar-refractivity contribution >= 4 is 5.69 Å². The first-order valence-corrected chi connectivity index (χ1v) is 6.75. The maximum atomic E-state index is 3.58. The molecule has 1 aliphatic carbocycles. The van der Waals surface area contributed by atoms with Gasteiger partial charge in [0.05, 0.1) is 0 Å². The van der Waals surface area contributed by atoms with Gasteiger partial charge in [0.15, 0.2) is 0 Å². The molecule has 0 spiro atoms. The molecule has 2 nitrogen and oxygen atoms in total. The number of benzene rings is 1. The number of rotatable bonds is 6. The minimum absolute atomic E-state index is 0.578. The van der Waals surface area contributed by atoms with Gasteiger partial charge >= 0.3 is 0 Å². The third kappa shape index (κ3) is 3.47. The molecule has 2 heteroatoms. The van der Waals surface area contributed by atoms with E-state index in [9.17, 15) is 0 Å². The summed E-state index contributed by atoms with van der Waals surface area (Å²) in [6.45, 7) is 8.77. The molecule has 0 unspecified atom stereocenters. The minimum atomic E-state index is 0.578. The number of hydrogen-bond acceptors (Lipinski definition) is 2. The maximum Gasteiger partial charge on any atom is 0.0405 e. The molecule has 0 amide bonds. The van der Waals surface area contributed by atoms with Gasteiger partial charge in [-0.25, -0.2) is 0 Å². The molecular weight excluding hydrogens is 208 g/mol. The minimum Gasteiger partial charge on any atom is -0.383 e. The molecular formula is C15H24N2. The molecule has 0 bridgehead atoms. The van der Waals surface area contributed by atoms with Gasteiger partial charge in [-0.2, -0.15) is 0 Å². The monoisotopic (exact) mass is 232 g/mol. The van der Waals surface area contributed by atoms with Gasteiger partial charge in [0, 0.05) is 24.8 Å². The molecule has 17 heavy (non-hydrogen) atoms. The Morgan fingerprint density at radius 2 is 2.00 bits per heavy atom. The second kappa shape index (κ2) is 5.54. The van der Waals surface area contributed by atoms with E-state index < -0.39 is 0 Å². The lowest BCUT2D eigenvalue weighted by atomic mass is 9.98. The molecule has 94 valence electrons. The predicted molar refractivity (Wildman–Crippen MR) is 74.8 cm³/mol. The Bertz CT molecular complexity index is 367. The van der Waals surface area contributed by atoms with E-state index in [0.29, 0.717) is 5.92 Å². The van der Waals surface area contributed by atoms with Gasteiger partial charge in [0.1, 0.15) is 0 Å². The maximum absolute atomic E-state index is 3.58. The quantitative estimate of drug-likeness (QED) is 0.735. The highest BCUT2D eigenvalue weighted by atomic mass is 15.0. The fourth-order valence-electron chi connectivity index (χ4n) is 2.16. The van der Waals surface area contributed by atoms with E-state index in [2.05, 4.69) is 49.6 Å². The third-order valence-electron chi connectivity index (χ3n) is 3.36. The summed E-state index contributed by atoms with van der Waals surface area (Å²) >= 11 is 0. The van der Waals surface area contributed by atoms with Crippen LogP contribution >= 0.6 is 0 Å². The van der Waals surface area contributed by atoms with Crippen molar-refractivity contribution in [2.45, 2.75) is 45.6 Å². The number of nitrogens with one attached hydrogen (secondary N) is 2. The van der Waals surface area contributed by atoms with Crippen molar-refractivity contribution < 1.29 is 0 Å². The van der Waals surface area contributed by atoms with E-state index in [-0.39, 0.29) is 0 Å². The van der Waals surface area contributed by atoms with E-state index in [1.54, 1.807) is 0 Å². The van der Waals surface area contributed by atoms with Crippen LogP contribution in [-0.4, -0.2) is 19.1 Å². The Morgan fingerprint density at radius 3 is 2.65 bits per heavy atom. The molecule has 1 fully saturated rings. The summed E-state index contributed by atoms with van der Waals surface area (Å²) in [5, 5.41) is 7.12. The normalized spacial score (nSPS) is 15.3. The number of hydrogen-bond donors (Lipinski definition) is 2. The molecule has 1 aromatic carbocycles. The summed E-state index contributed by atoms with van der Waals surface area (Å²) in [6, 6.07) is 7.37. The Labute approximate surface area is 105 Å². The van der Waals surface area contributed by atoms with Crippen LogP contribution < -0.4 is 10.6 Å². The van der Waals surface area contributed by atoms with Crippen molar-refractivity contribution in [2.75, 3.05) is 18.4 Å². The zero-order valence-electron chi connectivity index (χ0n) is 11.2. The van der Waals surface area contributed by atoms with Crippen molar-refractivity contribution in [3.8, 4) is 0 Å². The van der Waals surface area contributed by atoms with E-state index in [0.717, 1.165) is 19.1 Å². The highest BCUT2D eigenvalue weighted by Crippen LogP contribution is 2.27. The second-order valence-electron chi connectivity index (χ2n) is 5.35. The van der Waals surface area contributed by atoms with Crippen LogP contribution in [0, 0.1) is 6.92 Å². The molecule has 0 radical (unpaired) electrons. The topological polar surface area (TPSA) is 24.1 Å². The van der Waals surface area contributed by atoms with E-state index in [1.807, 2.05) is 0 Å². The van der Waals surface area contributed by atoms with Gasteiger partial charge in [-0.15, -0.1) is 0 Å². The van der Waals surface area contributed by atoms with Gasteiger partial charge in [-0.3, -0.25) is 0 Å². The zero-order chi connectivity index (χ0) is 12.3. The van der Waals surface area contributed by atoms with Crippen LogP contribution in [0.1, 0.15) is 43.7 Å². The summed E-state index contributed by atoms with van der Waals surface area (Å²) in [6.07, 6.45) is 2.73. The van der Waals surface area contributed by atoms with Crippen LogP contribution in [0.2, 0.25) is 0 Å². The highest BCUT2D eigenvalue weighted by molar-refractivity contribution is 5.58. The Morgan fingerprint density at radius 1 is 1.24 bits per heavy atom. The summed E-state index contributed by atoms with van der Waals surface area (Å²) in [5.74, 6) is 0.578. The molecule has 0 atom stereocenters. The van der Waals surface area contributed by atoms with Gasteiger partial charge in [-0.05, 0) is 36.8 Å². The number of anilines is 1. The van der Waals surface area contributed by atoms with Crippen molar-refractivity contribution in [2.24, 2.45) is 0 Å². The number of aryl methyl sites for hydroxylation is 1. The molecule has 1 aromatic rings. The number of para-hydroxylation sites is 1. The largest absolute Gasteiger partial charge is 0.383 e. The molecule has 1 aliphatic rings. The van der Waals surface area contributed by atoms with Crippen molar-refractivity contribution in [3.05, 3.63) is 29.3 Å². The van der Waals surface area contributed by atoms with Gasteiger partial charge in [-0.1, -0.05) is 32.0 Å². The van der Waals surface area contributed by atoms with Crippen LogP contribution in [0.5, 0.6) is 0 Å². The smallest absolute Gasteiger partial charge is 0.0405 e. The Hall–Kier alpha value is -1.02. The summed E-state index contributed by atoms with van der Waals surface area (Å²) in [5.41, 5.74) is 4.11. The molecule has 0 aromatic heterocycles. The van der Waals surface area contributed by atoms with Crippen molar-refractivity contribution in [1.29, 1.82) is 0 Å². The fourth-order valence-corrected chi connectivity index (χ4v) is 2.16. The molecule has 0 aliphatic heterocycles.